The smallest absolute Gasteiger partial charge is 0.145 e. The van der Waals surface area contributed by atoms with Crippen molar-refractivity contribution in [3.8, 4) is 0 Å². The molecule has 0 saturated heterocycles. The number of rotatable bonds is 3. The van der Waals surface area contributed by atoms with Crippen molar-refractivity contribution in [1.29, 1.82) is 0 Å². The minimum absolute atomic E-state index is 0.0610. The van der Waals surface area contributed by atoms with Gasteiger partial charge in [0.05, 0.1) is 0 Å². The minimum atomic E-state index is -0.0693. The molecule has 1 aliphatic carbocycles. The van der Waals surface area contributed by atoms with E-state index in [1.54, 1.807) is 0 Å². The van der Waals surface area contributed by atoms with Crippen LogP contribution in [0.15, 0.2) is 17.3 Å². The molecule has 0 spiro atoms. The first kappa shape index (κ1) is 14.7. The number of hydrogen-bond donors (Lipinski definition) is 0. The lowest BCUT2D eigenvalue weighted by atomic mass is 9.89. The van der Waals surface area contributed by atoms with E-state index in [4.69, 9.17) is 5.53 Å². The fourth-order valence-electron chi connectivity index (χ4n) is 2.01. The quantitative estimate of drug-likeness (QED) is 0.178. The maximum absolute atomic E-state index is 10.6. The van der Waals surface area contributed by atoms with Gasteiger partial charge in [-0.25, -0.2) is 0 Å². The van der Waals surface area contributed by atoms with E-state index in [2.05, 4.69) is 16.6 Å². The van der Waals surface area contributed by atoms with Crippen LogP contribution >= 0.6 is 0 Å². The molecule has 1 aliphatic rings. The second-order valence-corrected chi connectivity index (χ2v) is 3.71. The second-order valence-electron chi connectivity index (χ2n) is 3.71. The zero-order valence-corrected chi connectivity index (χ0v) is 10.2. The number of carbonyl (C=O) groups excluding carboxylic acids is 1. The first-order valence-corrected chi connectivity index (χ1v) is 5.97. The van der Waals surface area contributed by atoms with Crippen LogP contribution in [0.3, 0.4) is 0 Å². The fourth-order valence-corrected chi connectivity index (χ4v) is 2.01. The molecule has 90 valence electrons. The van der Waals surface area contributed by atoms with Crippen molar-refractivity contribution in [1.82, 2.24) is 0 Å². The van der Waals surface area contributed by atoms with Gasteiger partial charge in [0.2, 0.25) is 0 Å². The molecule has 0 amide bonds. The van der Waals surface area contributed by atoms with Crippen LogP contribution in [0.2, 0.25) is 0 Å². The molecule has 0 radical (unpaired) electrons. The van der Waals surface area contributed by atoms with E-state index < -0.39 is 0 Å². The fraction of sp³-hybridized carbons (Fsp3) is 0.750. The van der Waals surface area contributed by atoms with Crippen LogP contribution in [-0.4, -0.2) is 12.3 Å². The Hall–Kier alpha value is -1.28. The average Bonchev–Trinajstić information content (AvgIpc) is 2.57. The zero-order valence-electron chi connectivity index (χ0n) is 10.2. The molecular formula is C12H21N3O. The van der Waals surface area contributed by atoms with Crippen molar-refractivity contribution in [3.05, 3.63) is 22.6 Å². The summed E-state index contributed by atoms with van der Waals surface area (Å²) in [6, 6.07) is -0.0693. The molecular weight excluding hydrogens is 202 g/mol. The van der Waals surface area contributed by atoms with Gasteiger partial charge in [-0.05, 0) is 29.9 Å². The molecule has 0 unspecified atom stereocenters. The first-order chi connectivity index (χ1) is 7.79. The van der Waals surface area contributed by atoms with Gasteiger partial charge in [0.25, 0.3) is 0 Å². The normalized spacial score (nSPS) is 24.1. The third-order valence-electron chi connectivity index (χ3n) is 2.81. The highest BCUT2D eigenvalue weighted by Gasteiger charge is 2.24. The number of carbonyl (C=O) groups is 1. The molecule has 1 saturated carbocycles. The van der Waals surface area contributed by atoms with Crippen LogP contribution < -0.4 is 0 Å². The Kier molecular flexibility index (Phi) is 8.26. The molecule has 0 aromatic heterocycles. The number of azide groups is 1. The van der Waals surface area contributed by atoms with E-state index in [1.165, 1.54) is 0 Å². The van der Waals surface area contributed by atoms with Crippen molar-refractivity contribution >= 4 is 6.29 Å². The van der Waals surface area contributed by atoms with Crippen molar-refractivity contribution < 1.29 is 4.79 Å². The van der Waals surface area contributed by atoms with E-state index in [1.807, 2.05) is 13.8 Å². The van der Waals surface area contributed by atoms with Gasteiger partial charge in [0.1, 0.15) is 6.29 Å². The van der Waals surface area contributed by atoms with Gasteiger partial charge in [0, 0.05) is 11.0 Å². The molecule has 1 fully saturated rings. The lowest BCUT2D eigenvalue weighted by Gasteiger charge is -2.19. The second kappa shape index (κ2) is 8.98. The SMILES string of the molecule is C=C(C=O)[C@@H]1CCCCC[C@H]1N=[N+]=[N-].CC. The highest BCUT2D eigenvalue weighted by Crippen LogP contribution is 2.29. The standard InChI is InChI=1S/C10H15N3O.C2H6/c1-8(7-14)9-5-3-2-4-6-10(9)12-13-11;1-2/h7,9-10H,1-6H2;1-2H3/t9-,10+;/m0./s1. The van der Waals surface area contributed by atoms with Crippen LogP contribution in [0.25, 0.3) is 10.4 Å². The number of hydrogen-bond acceptors (Lipinski definition) is 2. The van der Waals surface area contributed by atoms with Crippen LogP contribution in [0.4, 0.5) is 0 Å². The van der Waals surface area contributed by atoms with E-state index in [-0.39, 0.29) is 12.0 Å². The maximum atomic E-state index is 10.6. The van der Waals surface area contributed by atoms with Crippen molar-refractivity contribution in [3.63, 3.8) is 0 Å². The maximum Gasteiger partial charge on any atom is 0.145 e. The van der Waals surface area contributed by atoms with Crippen LogP contribution in [0.1, 0.15) is 46.0 Å². The molecule has 0 aliphatic heterocycles. The Morgan fingerprint density at radius 3 is 2.56 bits per heavy atom. The molecule has 0 bridgehead atoms. The molecule has 0 N–H and O–H groups in total. The Morgan fingerprint density at radius 1 is 1.38 bits per heavy atom. The van der Waals surface area contributed by atoms with Gasteiger partial charge in [-0.15, -0.1) is 0 Å². The number of aldehydes is 1. The summed E-state index contributed by atoms with van der Waals surface area (Å²) in [5.41, 5.74) is 9.00. The molecule has 0 heterocycles. The number of nitrogens with zero attached hydrogens (tertiary/aromatic N) is 3. The summed E-state index contributed by atoms with van der Waals surface area (Å²) in [4.78, 5) is 13.5. The highest BCUT2D eigenvalue weighted by atomic mass is 16.1. The molecule has 2 atom stereocenters. The molecule has 0 aromatic carbocycles. The van der Waals surface area contributed by atoms with Gasteiger partial charge in [-0.3, -0.25) is 4.79 Å². The molecule has 1 rings (SSSR count). The lowest BCUT2D eigenvalue weighted by Crippen LogP contribution is -2.19. The monoisotopic (exact) mass is 223 g/mol. The lowest BCUT2D eigenvalue weighted by molar-refractivity contribution is -0.105. The van der Waals surface area contributed by atoms with Crippen molar-refractivity contribution in [2.45, 2.75) is 52.0 Å². The van der Waals surface area contributed by atoms with Gasteiger partial charge in [-0.1, -0.05) is 44.8 Å². The first-order valence-electron chi connectivity index (χ1n) is 5.97. The van der Waals surface area contributed by atoms with E-state index in [9.17, 15) is 4.79 Å². The summed E-state index contributed by atoms with van der Waals surface area (Å²) in [7, 11) is 0. The highest BCUT2D eigenvalue weighted by molar-refractivity contribution is 5.73. The zero-order chi connectivity index (χ0) is 12.4. The summed E-state index contributed by atoms with van der Waals surface area (Å²) in [6.45, 7) is 7.72. The Morgan fingerprint density at radius 2 is 2.00 bits per heavy atom. The third-order valence-corrected chi connectivity index (χ3v) is 2.81. The van der Waals surface area contributed by atoms with Crippen molar-refractivity contribution in [2.24, 2.45) is 11.0 Å². The van der Waals surface area contributed by atoms with Crippen molar-refractivity contribution in [2.75, 3.05) is 0 Å². The predicted octanol–water partition coefficient (Wildman–Crippen LogP) is 4.03. The van der Waals surface area contributed by atoms with E-state index in [0.29, 0.717) is 5.57 Å². The third kappa shape index (κ3) is 4.49. The summed E-state index contributed by atoms with van der Waals surface area (Å²) < 4.78 is 0. The Bertz CT molecular complexity index is 269. The largest absolute Gasteiger partial charge is 0.298 e. The average molecular weight is 223 g/mol. The topological polar surface area (TPSA) is 65.8 Å². The summed E-state index contributed by atoms with van der Waals surface area (Å²) in [5.74, 6) is 0.0610. The van der Waals surface area contributed by atoms with Crippen LogP contribution in [-0.2, 0) is 4.79 Å². The van der Waals surface area contributed by atoms with Gasteiger partial charge >= 0.3 is 0 Å². The molecule has 16 heavy (non-hydrogen) atoms. The Balaban J connectivity index is 0.00000106. The van der Waals surface area contributed by atoms with Gasteiger partial charge in [0.15, 0.2) is 0 Å². The van der Waals surface area contributed by atoms with E-state index >= 15 is 0 Å². The summed E-state index contributed by atoms with van der Waals surface area (Å²) in [6.07, 6.45) is 5.90. The molecule has 4 nitrogen and oxygen atoms in total. The Labute approximate surface area is 97.4 Å². The molecule has 0 aromatic rings. The van der Waals surface area contributed by atoms with Crippen LogP contribution in [0, 0.1) is 5.92 Å². The summed E-state index contributed by atoms with van der Waals surface area (Å²) in [5, 5.41) is 3.75. The van der Waals surface area contributed by atoms with Gasteiger partial charge < -0.3 is 0 Å². The summed E-state index contributed by atoms with van der Waals surface area (Å²) >= 11 is 0. The predicted molar refractivity (Wildman–Crippen MR) is 66.1 cm³/mol. The van der Waals surface area contributed by atoms with E-state index in [0.717, 1.165) is 38.4 Å². The molecule has 4 heteroatoms. The van der Waals surface area contributed by atoms with Crippen LogP contribution in [0.5, 0.6) is 0 Å². The minimum Gasteiger partial charge on any atom is -0.298 e. The van der Waals surface area contributed by atoms with Gasteiger partial charge in [-0.2, -0.15) is 0 Å².